The zero-order valence-electron chi connectivity index (χ0n) is 10.1. The molecular formula is C13H20N2O2. The van der Waals surface area contributed by atoms with Gasteiger partial charge in [-0.2, -0.15) is 0 Å². The van der Waals surface area contributed by atoms with Crippen molar-refractivity contribution >= 4 is 5.91 Å². The molecule has 0 radical (unpaired) electrons. The van der Waals surface area contributed by atoms with Crippen LogP contribution in [0, 0.1) is 5.92 Å². The standard InChI is InChI=1S/C13H20N2O2/c1-2-3-11(8-14)13(17)15-9-10-4-6-12(16)7-5-10/h4-7,11,16H,2-3,8-9,14H2,1H3,(H,15,17). The molecule has 1 atom stereocenters. The zero-order valence-corrected chi connectivity index (χ0v) is 10.1. The van der Waals surface area contributed by atoms with Crippen LogP contribution in [0.15, 0.2) is 24.3 Å². The van der Waals surface area contributed by atoms with Crippen molar-refractivity contribution in [2.75, 3.05) is 6.54 Å². The number of aromatic hydroxyl groups is 1. The molecule has 0 aliphatic rings. The number of carbonyl (C=O) groups excluding carboxylic acids is 1. The number of phenolic OH excluding ortho intramolecular Hbond substituents is 1. The zero-order chi connectivity index (χ0) is 12.7. The van der Waals surface area contributed by atoms with Gasteiger partial charge in [-0.05, 0) is 24.1 Å². The van der Waals surface area contributed by atoms with Gasteiger partial charge in [0.1, 0.15) is 5.75 Å². The molecule has 0 aliphatic carbocycles. The maximum Gasteiger partial charge on any atom is 0.224 e. The van der Waals surface area contributed by atoms with Crippen LogP contribution in [0.25, 0.3) is 0 Å². The van der Waals surface area contributed by atoms with Gasteiger partial charge in [0.05, 0.1) is 5.92 Å². The third-order valence-corrected chi connectivity index (χ3v) is 2.70. The number of carbonyl (C=O) groups is 1. The van der Waals surface area contributed by atoms with E-state index in [4.69, 9.17) is 10.8 Å². The predicted molar refractivity (Wildman–Crippen MR) is 67.4 cm³/mol. The first-order valence-electron chi connectivity index (χ1n) is 5.93. The van der Waals surface area contributed by atoms with Crippen LogP contribution in [-0.2, 0) is 11.3 Å². The molecule has 4 nitrogen and oxygen atoms in total. The van der Waals surface area contributed by atoms with Crippen LogP contribution < -0.4 is 11.1 Å². The predicted octanol–water partition coefficient (Wildman–Crippen LogP) is 1.38. The molecule has 0 bridgehead atoms. The van der Waals surface area contributed by atoms with Gasteiger partial charge in [0.15, 0.2) is 0 Å². The number of amides is 1. The van der Waals surface area contributed by atoms with Crippen molar-refractivity contribution in [2.24, 2.45) is 11.7 Å². The van der Waals surface area contributed by atoms with E-state index in [0.29, 0.717) is 13.1 Å². The van der Waals surface area contributed by atoms with Gasteiger partial charge in [0.25, 0.3) is 0 Å². The molecule has 0 heterocycles. The average molecular weight is 236 g/mol. The van der Waals surface area contributed by atoms with Crippen molar-refractivity contribution in [3.8, 4) is 5.75 Å². The summed E-state index contributed by atoms with van der Waals surface area (Å²) in [4.78, 5) is 11.8. The second kappa shape index (κ2) is 6.91. The van der Waals surface area contributed by atoms with E-state index >= 15 is 0 Å². The number of benzene rings is 1. The number of hydrogen-bond acceptors (Lipinski definition) is 3. The Labute approximate surface area is 102 Å². The first-order chi connectivity index (χ1) is 8.17. The highest BCUT2D eigenvalue weighted by atomic mass is 16.3. The van der Waals surface area contributed by atoms with Crippen LogP contribution in [0.2, 0.25) is 0 Å². The van der Waals surface area contributed by atoms with Crippen molar-refractivity contribution in [2.45, 2.75) is 26.3 Å². The highest BCUT2D eigenvalue weighted by Gasteiger charge is 2.14. The van der Waals surface area contributed by atoms with Gasteiger partial charge in [-0.25, -0.2) is 0 Å². The minimum absolute atomic E-state index is 0.00225. The lowest BCUT2D eigenvalue weighted by atomic mass is 10.0. The topological polar surface area (TPSA) is 75.4 Å². The quantitative estimate of drug-likeness (QED) is 0.698. The maximum atomic E-state index is 11.8. The summed E-state index contributed by atoms with van der Waals surface area (Å²) in [6, 6.07) is 6.78. The largest absolute Gasteiger partial charge is 0.508 e. The Bertz CT molecular complexity index is 349. The van der Waals surface area contributed by atoms with E-state index in [1.807, 2.05) is 6.92 Å². The maximum absolute atomic E-state index is 11.8. The van der Waals surface area contributed by atoms with E-state index in [2.05, 4.69) is 5.32 Å². The van der Waals surface area contributed by atoms with Gasteiger partial charge in [-0.3, -0.25) is 4.79 Å². The second-order valence-corrected chi connectivity index (χ2v) is 4.11. The summed E-state index contributed by atoms with van der Waals surface area (Å²) in [6.45, 7) is 2.89. The molecule has 4 heteroatoms. The second-order valence-electron chi connectivity index (χ2n) is 4.11. The fraction of sp³-hybridized carbons (Fsp3) is 0.462. The number of hydrogen-bond donors (Lipinski definition) is 3. The molecule has 0 aromatic heterocycles. The van der Waals surface area contributed by atoms with Crippen molar-refractivity contribution in [3.05, 3.63) is 29.8 Å². The Morgan fingerprint density at radius 1 is 1.41 bits per heavy atom. The van der Waals surface area contributed by atoms with E-state index in [-0.39, 0.29) is 17.6 Å². The molecule has 0 saturated heterocycles. The van der Waals surface area contributed by atoms with Gasteiger partial charge >= 0.3 is 0 Å². The highest BCUT2D eigenvalue weighted by Crippen LogP contribution is 2.10. The molecule has 1 rings (SSSR count). The van der Waals surface area contributed by atoms with Gasteiger partial charge in [-0.15, -0.1) is 0 Å². The van der Waals surface area contributed by atoms with E-state index in [9.17, 15) is 4.79 Å². The van der Waals surface area contributed by atoms with Crippen LogP contribution in [0.1, 0.15) is 25.3 Å². The monoisotopic (exact) mass is 236 g/mol. The smallest absolute Gasteiger partial charge is 0.224 e. The summed E-state index contributed by atoms with van der Waals surface area (Å²) in [5.41, 5.74) is 6.52. The Hall–Kier alpha value is -1.55. The molecule has 0 fully saturated rings. The first-order valence-corrected chi connectivity index (χ1v) is 5.93. The fourth-order valence-electron chi connectivity index (χ4n) is 1.65. The van der Waals surface area contributed by atoms with Gasteiger partial charge < -0.3 is 16.2 Å². The molecule has 1 amide bonds. The number of nitrogens with one attached hydrogen (secondary N) is 1. The number of nitrogens with two attached hydrogens (primary N) is 1. The van der Waals surface area contributed by atoms with Crippen LogP contribution >= 0.6 is 0 Å². The Balaban J connectivity index is 2.44. The third-order valence-electron chi connectivity index (χ3n) is 2.70. The van der Waals surface area contributed by atoms with E-state index in [1.54, 1.807) is 24.3 Å². The van der Waals surface area contributed by atoms with Crippen molar-refractivity contribution in [1.82, 2.24) is 5.32 Å². The minimum Gasteiger partial charge on any atom is -0.508 e. The molecular weight excluding hydrogens is 216 g/mol. The molecule has 0 saturated carbocycles. The lowest BCUT2D eigenvalue weighted by Gasteiger charge is -2.13. The van der Waals surface area contributed by atoms with Crippen molar-refractivity contribution < 1.29 is 9.90 Å². The average Bonchev–Trinajstić information content (AvgIpc) is 2.35. The Morgan fingerprint density at radius 3 is 2.59 bits per heavy atom. The van der Waals surface area contributed by atoms with Crippen LogP contribution in [0.3, 0.4) is 0 Å². The van der Waals surface area contributed by atoms with E-state index < -0.39 is 0 Å². The number of rotatable bonds is 6. The Kier molecular flexibility index (Phi) is 5.49. The van der Waals surface area contributed by atoms with Crippen LogP contribution in [0.4, 0.5) is 0 Å². The highest BCUT2D eigenvalue weighted by molar-refractivity contribution is 5.78. The summed E-state index contributed by atoms with van der Waals surface area (Å²) >= 11 is 0. The SMILES string of the molecule is CCCC(CN)C(=O)NCc1ccc(O)cc1. The molecule has 94 valence electrons. The van der Waals surface area contributed by atoms with E-state index in [1.165, 1.54) is 0 Å². The lowest BCUT2D eigenvalue weighted by molar-refractivity contribution is -0.125. The minimum atomic E-state index is -0.0999. The van der Waals surface area contributed by atoms with Crippen molar-refractivity contribution in [3.63, 3.8) is 0 Å². The Morgan fingerprint density at radius 2 is 2.06 bits per heavy atom. The van der Waals surface area contributed by atoms with Crippen LogP contribution in [0.5, 0.6) is 5.75 Å². The van der Waals surface area contributed by atoms with Crippen molar-refractivity contribution in [1.29, 1.82) is 0 Å². The molecule has 4 N–H and O–H groups in total. The van der Waals surface area contributed by atoms with Crippen LogP contribution in [-0.4, -0.2) is 17.6 Å². The summed E-state index contributed by atoms with van der Waals surface area (Å²) in [5, 5.41) is 12.0. The van der Waals surface area contributed by atoms with Gasteiger partial charge in [-0.1, -0.05) is 25.5 Å². The van der Waals surface area contributed by atoms with Gasteiger partial charge in [0.2, 0.25) is 5.91 Å². The molecule has 0 spiro atoms. The van der Waals surface area contributed by atoms with E-state index in [0.717, 1.165) is 18.4 Å². The molecule has 17 heavy (non-hydrogen) atoms. The molecule has 1 unspecified atom stereocenters. The summed E-state index contributed by atoms with van der Waals surface area (Å²) in [6.07, 6.45) is 1.77. The third kappa shape index (κ3) is 4.44. The summed E-state index contributed by atoms with van der Waals surface area (Å²) in [5.74, 6) is 0.130. The fourth-order valence-corrected chi connectivity index (χ4v) is 1.65. The molecule has 0 aliphatic heterocycles. The number of phenols is 1. The van der Waals surface area contributed by atoms with Gasteiger partial charge in [0, 0.05) is 13.1 Å². The summed E-state index contributed by atoms with van der Waals surface area (Å²) in [7, 11) is 0. The lowest BCUT2D eigenvalue weighted by Crippen LogP contribution is -2.34. The molecule has 1 aromatic carbocycles. The summed E-state index contributed by atoms with van der Waals surface area (Å²) < 4.78 is 0. The molecule has 1 aromatic rings. The first kappa shape index (κ1) is 13.5. The normalized spacial score (nSPS) is 12.1.